The second kappa shape index (κ2) is 7.22. The molecule has 5 heteroatoms. The van der Waals surface area contributed by atoms with Crippen LogP contribution >= 0.6 is 0 Å². The lowest BCUT2D eigenvalue weighted by Crippen LogP contribution is -2.14. The van der Waals surface area contributed by atoms with E-state index in [0.29, 0.717) is 29.4 Å². The summed E-state index contributed by atoms with van der Waals surface area (Å²) in [6.45, 7) is 7.95. The Hall–Kier alpha value is -2.43. The zero-order valence-electron chi connectivity index (χ0n) is 14.2. The topological polar surface area (TPSA) is 61.3 Å². The number of rotatable bonds is 5. The van der Waals surface area contributed by atoms with Crippen LogP contribution in [0.1, 0.15) is 48.6 Å². The number of ether oxygens (including phenoxy) is 2. The molecule has 2 rings (SSSR count). The summed E-state index contributed by atoms with van der Waals surface area (Å²) in [5.74, 6) is 1.23. The summed E-state index contributed by atoms with van der Waals surface area (Å²) >= 11 is 0. The van der Waals surface area contributed by atoms with Gasteiger partial charge in [0.2, 0.25) is 0 Å². The van der Waals surface area contributed by atoms with Gasteiger partial charge >= 0.3 is 5.97 Å². The summed E-state index contributed by atoms with van der Waals surface area (Å²) in [7, 11) is 1.62. The fourth-order valence-corrected chi connectivity index (χ4v) is 2.26. The Kier molecular flexibility index (Phi) is 5.32. The molecule has 0 aliphatic carbocycles. The molecule has 0 aliphatic heterocycles. The number of hydrogen-bond donors (Lipinski definition) is 0. The molecule has 1 aromatic carbocycles. The largest absolute Gasteiger partial charge is 0.497 e. The van der Waals surface area contributed by atoms with Crippen molar-refractivity contribution in [2.24, 2.45) is 0 Å². The van der Waals surface area contributed by atoms with Crippen LogP contribution in [0.4, 0.5) is 0 Å². The first-order valence-electron chi connectivity index (χ1n) is 7.68. The highest BCUT2D eigenvalue weighted by Crippen LogP contribution is 2.27. The zero-order chi connectivity index (χ0) is 17.0. The minimum atomic E-state index is -0.397. The van der Waals surface area contributed by atoms with Crippen LogP contribution in [0.15, 0.2) is 24.3 Å². The second-order valence-corrected chi connectivity index (χ2v) is 5.49. The van der Waals surface area contributed by atoms with Crippen LogP contribution in [-0.4, -0.2) is 29.7 Å². The Morgan fingerprint density at radius 1 is 1.17 bits per heavy atom. The van der Waals surface area contributed by atoms with Gasteiger partial charge in [0.1, 0.15) is 17.1 Å². The number of benzene rings is 1. The average molecular weight is 314 g/mol. The Bertz CT molecular complexity index is 694. The highest BCUT2D eigenvalue weighted by atomic mass is 16.5. The quantitative estimate of drug-likeness (QED) is 0.786. The van der Waals surface area contributed by atoms with E-state index in [-0.39, 0.29) is 5.92 Å². The van der Waals surface area contributed by atoms with Crippen LogP contribution in [0.25, 0.3) is 11.3 Å². The first kappa shape index (κ1) is 16.9. The molecule has 2 aromatic rings. The second-order valence-electron chi connectivity index (χ2n) is 5.49. The molecule has 1 heterocycles. The maximum absolute atomic E-state index is 12.3. The van der Waals surface area contributed by atoms with Crippen molar-refractivity contribution in [3.05, 3.63) is 41.3 Å². The molecular weight excluding hydrogens is 292 g/mol. The number of carbonyl (C=O) groups is 1. The van der Waals surface area contributed by atoms with Crippen LogP contribution in [0.3, 0.4) is 0 Å². The summed E-state index contributed by atoms with van der Waals surface area (Å²) in [6, 6.07) is 7.45. The molecule has 5 nitrogen and oxygen atoms in total. The lowest BCUT2D eigenvalue weighted by Gasteiger charge is -2.14. The van der Waals surface area contributed by atoms with E-state index in [1.807, 2.05) is 45.0 Å². The van der Waals surface area contributed by atoms with Gasteiger partial charge < -0.3 is 9.47 Å². The van der Waals surface area contributed by atoms with Crippen LogP contribution < -0.4 is 4.74 Å². The van der Waals surface area contributed by atoms with Gasteiger partial charge in [-0.15, -0.1) is 0 Å². The Balaban J connectivity index is 2.63. The third-order valence-electron chi connectivity index (χ3n) is 3.47. The molecule has 23 heavy (non-hydrogen) atoms. The minimum Gasteiger partial charge on any atom is -0.497 e. The fourth-order valence-electron chi connectivity index (χ4n) is 2.26. The van der Waals surface area contributed by atoms with E-state index in [4.69, 9.17) is 9.47 Å². The Labute approximate surface area is 136 Å². The van der Waals surface area contributed by atoms with E-state index in [1.165, 1.54) is 0 Å². The van der Waals surface area contributed by atoms with Gasteiger partial charge in [0.25, 0.3) is 0 Å². The number of carbonyl (C=O) groups excluding carboxylic acids is 1. The van der Waals surface area contributed by atoms with Gasteiger partial charge in [-0.3, -0.25) is 0 Å². The van der Waals surface area contributed by atoms with Gasteiger partial charge in [-0.25, -0.2) is 14.8 Å². The highest BCUT2D eigenvalue weighted by molar-refractivity contribution is 5.97. The molecule has 0 unspecified atom stereocenters. The maximum atomic E-state index is 12.3. The molecular formula is C18H22N2O3. The fraction of sp³-hybridized carbons (Fsp3) is 0.389. The maximum Gasteiger partial charge on any atom is 0.342 e. The predicted octanol–water partition coefficient (Wildman–Crippen LogP) is 3.76. The Morgan fingerprint density at radius 3 is 2.35 bits per heavy atom. The first-order valence-corrected chi connectivity index (χ1v) is 7.68. The van der Waals surface area contributed by atoms with Crippen molar-refractivity contribution in [2.45, 2.75) is 33.6 Å². The predicted molar refractivity (Wildman–Crippen MR) is 88.8 cm³/mol. The number of aromatic nitrogens is 2. The van der Waals surface area contributed by atoms with Crippen LogP contribution in [0.5, 0.6) is 5.75 Å². The minimum absolute atomic E-state index is 0.168. The molecule has 122 valence electrons. The molecule has 0 saturated heterocycles. The number of nitrogens with zero attached hydrogens (tertiary/aromatic N) is 2. The zero-order valence-corrected chi connectivity index (χ0v) is 14.2. The smallest absolute Gasteiger partial charge is 0.342 e. The number of aryl methyl sites for hydroxylation is 1. The van der Waals surface area contributed by atoms with E-state index < -0.39 is 5.97 Å². The molecule has 0 saturated carbocycles. The molecule has 0 bridgehead atoms. The molecule has 0 radical (unpaired) electrons. The number of hydrogen-bond acceptors (Lipinski definition) is 5. The molecule has 0 amide bonds. The van der Waals surface area contributed by atoms with Crippen LogP contribution in [0, 0.1) is 6.92 Å². The third-order valence-corrected chi connectivity index (χ3v) is 3.47. The molecule has 1 aromatic heterocycles. The summed E-state index contributed by atoms with van der Waals surface area (Å²) < 4.78 is 10.4. The lowest BCUT2D eigenvalue weighted by molar-refractivity contribution is 0.0525. The first-order chi connectivity index (χ1) is 11.0. The van der Waals surface area contributed by atoms with E-state index in [2.05, 4.69) is 9.97 Å². The standard InChI is InChI=1S/C18H22N2O3/c1-6-23-18(21)15-12(4)19-17(11(2)3)20-16(15)13-7-9-14(22-5)10-8-13/h7-11H,6H2,1-5H3. The van der Waals surface area contributed by atoms with Gasteiger partial charge in [0.15, 0.2) is 0 Å². The molecule has 0 N–H and O–H groups in total. The van der Waals surface area contributed by atoms with E-state index in [0.717, 1.165) is 11.3 Å². The van der Waals surface area contributed by atoms with Crippen LogP contribution in [0.2, 0.25) is 0 Å². The van der Waals surface area contributed by atoms with Crippen molar-refractivity contribution in [1.82, 2.24) is 9.97 Å². The van der Waals surface area contributed by atoms with Crippen molar-refractivity contribution < 1.29 is 14.3 Å². The number of methoxy groups -OCH3 is 1. The summed E-state index contributed by atoms with van der Waals surface area (Å²) in [5, 5.41) is 0. The van der Waals surface area contributed by atoms with Gasteiger partial charge in [-0.2, -0.15) is 0 Å². The van der Waals surface area contributed by atoms with E-state index in [1.54, 1.807) is 14.0 Å². The summed E-state index contributed by atoms with van der Waals surface area (Å²) in [6.07, 6.45) is 0. The third kappa shape index (κ3) is 3.67. The number of esters is 1. The summed E-state index contributed by atoms with van der Waals surface area (Å²) in [5.41, 5.74) is 2.48. The van der Waals surface area contributed by atoms with Crippen molar-refractivity contribution >= 4 is 5.97 Å². The van der Waals surface area contributed by atoms with Gasteiger partial charge in [-0.05, 0) is 38.1 Å². The molecule has 0 fully saturated rings. The molecule has 0 atom stereocenters. The van der Waals surface area contributed by atoms with Gasteiger partial charge in [0.05, 0.1) is 25.1 Å². The van der Waals surface area contributed by atoms with Crippen molar-refractivity contribution in [2.75, 3.05) is 13.7 Å². The van der Waals surface area contributed by atoms with Crippen molar-refractivity contribution in [3.8, 4) is 17.0 Å². The SMILES string of the molecule is CCOC(=O)c1c(C)nc(C(C)C)nc1-c1ccc(OC)cc1. The average Bonchev–Trinajstić information content (AvgIpc) is 2.54. The Morgan fingerprint density at radius 2 is 1.83 bits per heavy atom. The van der Waals surface area contributed by atoms with Crippen LogP contribution in [-0.2, 0) is 4.74 Å². The van der Waals surface area contributed by atoms with Gasteiger partial charge in [0, 0.05) is 11.5 Å². The highest BCUT2D eigenvalue weighted by Gasteiger charge is 2.21. The van der Waals surface area contributed by atoms with E-state index >= 15 is 0 Å². The monoisotopic (exact) mass is 314 g/mol. The van der Waals surface area contributed by atoms with Crippen molar-refractivity contribution in [1.29, 1.82) is 0 Å². The normalized spacial score (nSPS) is 10.7. The molecule has 0 spiro atoms. The lowest BCUT2D eigenvalue weighted by atomic mass is 10.0. The van der Waals surface area contributed by atoms with E-state index in [9.17, 15) is 4.79 Å². The van der Waals surface area contributed by atoms with Gasteiger partial charge in [-0.1, -0.05) is 13.8 Å². The summed E-state index contributed by atoms with van der Waals surface area (Å²) in [4.78, 5) is 21.4. The van der Waals surface area contributed by atoms with Crippen molar-refractivity contribution in [3.63, 3.8) is 0 Å². The molecule has 0 aliphatic rings.